The molecule has 0 aromatic carbocycles. The predicted molar refractivity (Wildman–Crippen MR) is 80.7 cm³/mol. The van der Waals surface area contributed by atoms with Gasteiger partial charge in [0, 0.05) is 11.0 Å². The minimum atomic E-state index is -0.00231. The number of hydrogen-bond acceptors (Lipinski definition) is 2. The molecule has 1 N–H and O–H groups in total. The van der Waals surface area contributed by atoms with Crippen LogP contribution in [0.3, 0.4) is 0 Å². The van der Waals surface area contributed by atoms with Crippen LogP contribution >= 0.6 is 43.2 Å². The highest BCUT2D eigenvalue weighted by Crippen LogP contribution is 2.32. The second-order valence-corrected chi connectivity index (χ2v) is 8.43. The van der Waals surface area contributed by atoms with E-state index in [-0.39, 0.29) is 11.3 Å². The zero-order chi connectivity index (χ0) is 13.2. The zero-order valence-corrected chi connectivity index (χ0v) is 14.4. The highest BCUT2D eigenvalue weighted by molar-refractivity contribution is 9.13. The van der Waals surface area contributed by atoms with Gasteiger partial charge in [0.15, 0.2) is 0 Å². The highest BCUT2D eigenvalue weighted by atomic mass is 79.9. The van der Waals surface area contributed by atoms with Crippen LogP contribution in [0.4, 0.5) is 0 Å². The summed E-state index contributed by atoms with van der Waals surface area (Å²) in [5.41, 5.74) is 0.212. The third-order valence-corrected chi connectivity index (χ3v) is 6.17. The largest absolute Gasteiger partial charge is 0.351 e. The van der Waals surface area contributed by atoms with Gasteiger partial charge in [-0.15, -0.1) is 11.3 Å². The van der Waals surface area contributed by atoms with Crippen molar-refractivity contribution in [3.63, 3.8) is 0 Å². The van der Waals surface area contributed by atoms with Crippen LogP contribution in [0.5, 0.6) is 0 Å². The molecule has 1 aromatic heterocycles. The lowest BCUT2D eigenvalue weighted by Gasteiger charge is -2.27. The Kier molecular flexibility index (Phi) is 5.22. The van der Waals surface area contributed by atoms with E-state index in [1.54, 1.807) is 0 Å². The number of halogens is 2. The highest BCUT2D eigenvalue weighted by Gasteiger charge is 2.21. The Hall–Kier alpha value is 0.130. The van der Waals surface area contributed by atoms with Gasteiger partial charge in [0.25, 0.3) is 5.91 Å². The first-order valence-corrected chi connectivity index (χ1v) is 7.85. The molecule has 17 heavy (non-hydrogen) atoms. The van der Waals surface area contributed by atoms with Crippen molar-refractivity contribution in [1.82, 2.24) is 5.32 Å². The average Bonchev–Trinajstić information content (AvgIpc) is 2.54. The SMILES string of the molecule is CC(CNC(=O)c1cc(Br)c(Br)s1)C(C)(C)C. The quantitative estimate of drug-likeness (QED) is 0.807. The van der Waals surface area contributed by atoms with Gasteiger partial charge in [-0.3, -0.25) is 4.79 Å². The number of hydrogen-bond donors (Lipinski definition) is 1. The second kappa shape index (κ2) is 5.85. The first-order valence-electron chi connectivity index (χ1n) is 5.45. The van der Waals surface area contributed by atoms with E-state index in [1.807, 2.05) is 6.07 Å². The molecule has 0 aliphatic rings. The molecule has 96 valence electrons. The average molecular weight is 383 g/mol. The summed E-state index contributed by atoms with van der Waals surface area (Å²) in [5, 5.41) is 2.98. The lowest BCUT2D eigenvalue weighted by atomic mass is 9.82. The molecule has 1 atom stereocenters. The molecule has 0 saturated heterocycles. The van der Waals surface area contributed by atoms with Gasteiger partial charge >= 0.3 is 0 Å². The molecule has 1 unspecified atom stereocenters. The van der Waals surface area contributed by atoms with Crippen LogP contribution < -0.4 is 5.32 Å². The maximum absolute atomic E-state index is 11.9. The van der Waals surface area contributed by atoms with Crippen molar-refractivity contribution >= 4 is 49.1 Å². The third kappa shape index (κ3) is 4.38. The summed E-state index contributed by atoms with van der Waals surface area (Å²) in [5.74, 6) is 0.441. The summed E-state index contributed by atoms with van der Waals surface area (Å²) in [7, 11) is 0. The zero-order valence-electron chi connectivity index (χ0n) is 10.4. The van der Waals surface area contributed by atoms with Crippen LogP contribution in [-0.2, 0) is 0 Å². The van der Waals surface area contributed by atoms with E-state index in [9.17, 15) is 4.79 Å². The smallest absolute Gasteiger partial charge is 0.261 e. The lowest BCUT2D eigenvalue weighted by Crippen LogP contribution is -2.33. The van der Waals surface area contributed by atoms with Crippen molar-refractivity contribution in [1.29, 1.82) is 0 Å². The van der Waals surface area contributed by atoms with Crippen LogP contribution in [0.25, 0.3) is 0 Å². The van der Waals surface area contributed by atoms with Gasteiger partial charge in [0.05, 0.1) is 8.66 Å². The molecular weight excluding hydrogens is 366 g/mol. The van der Waals surface area contributed by atoms with Crippen LogP contribution in [0, 0.1) is 11.3 Å². The Morgan fingerprint density at radius 1 is 1.47 bits per heavy atom. The second-order valence-electron chi connectivity index (χ2n) is 5.21. The van der Waals surface area contributed by atoms with Crippen molar-refractivity contribution in [2.75, 3.05) is 6.54 Å². The van der Waals surface area contributed by atoms with E-state index < -0.39 is 0 Å². The van der Waals surface area contributed by atoms with Gasteiger partial charge in [-0.2, -0.15) is 0 Å². The molecule has 5 heteroatoms. The number of thiophene rings is 1. The fourth-order valence-electron chi connectivity index (χ4n) is 1.10. The monoisotopic (exact) mass is 381 g/mol. The van der Waals surface area contributed by atoms with Crippen molar-refractivity contribution in [3.05, 3.63) is 19.2 Å². The molecule has 2 nitrogen and oxygen atoms in total. The van der Waals surface area contributed by atoms with Gasteiger partial charge in [0.2, 0.25) is 0 Å². The summed E-state index contributed by atoms with van der Waals surface area (Å²) in [6.45, 7) is 9.41. The van der Waals surface area contributed by atoms with E-state index in [0.717, 1.165) is 13.1 Å². The summed E-state index contributed by atoms with van der Waals surface area (Å²) < 4.78 is 1.88. The first-order chi connectivity index (χ1) is 7.71. The molecule has 1 aromatic rings. The number of rotatable bonds is 3. The predicted octanol–water partition coefficient (Wildman–Crippen LogP) is 4.69. The minimum absolute atomic E-state index is 0.00231. The summed E-state index contributed by atoms with van der Waals surface area (Å²) in [4.78, 5) is 12.6. The van der Waals surface area contributed by atoms with Crippen molar-refractivity contribution in [3.8, 4) is 0 Å². The molecule has 0 aliphatic heterocycles. The summed E-state index contributed by atoms with van der Waals surface area (Å²) >= 11 is 8.21. The fourth-order valence-corrected chi connectivity index (χ4v) is 3.05. The van der Waals surface area contributed by atoms with Crippen LogP contribution in [0.2, 0.25) is 0 Å². The maximum atomic E-state index is 11.9. The first kappa shape index (κ1) is 15.2. The fraction of sp³-hybridized carbons (Fsp3) is 0.583. The number of amides is 1. The van der Waals surface area contributed by atoms with Gasteiger partial charge < -0.3 is 5.32 Å². The van der Waals surface area contributed by atoms with E-state index >= 15 is 0 Å². The normalized spacial score (nSPS) is 13.5. The lowest BCUT2D eigenvalue weighted by molar-refractivity contribution is 0.0941. The van der Waals surface area contributed by atoms with Gasteiger partial charge in [-0.1, -0.05) is 27.7 Å². The van der Waals surface area contributed by atoms with Crippen LogP contribution in [0.15, 0.2) is 14.3 Å². The Balaban J connectivity index is 2.56. The van der Waals surface area contributed by atoms with Crippen molar-refractivity contribution in [2.45, 2.75) is 27.7 Å². The number of nitrogens with one attached hydrogen (secondary N) is 1. The third-order valence-electron chi connectivity index (χ3n) is 2.92. The standard InChI is InChI=1S/C12H17Br2NOS/c1-7(12(2,3)4)6-15-11(16)9-5-8(13)10(14)17-9/h5,7H,6H2,1-4H3,(H,15,16). The van der Waals surface area contributed by atoms with Crippen molar-refractivity contribution < 1.29 is 4.79 Å². The molecule has 1 heterocycles. The van der Waals surface area contributed by atoms with Crippen LogP contribution in [0.1, 0.15) is 37.4 Å². The molecular formula is C12H17Br2NOS. The molecule has 1 rings (SSSR count). The molecule has 0 aliphatic carbocycles. The molecule has 0 saturated carbocycles. The molecule has 0 fully saturated rings. The van der Waals surface area contributed by atoms with Gasteiger partial charge in [-0.25, -0.2) is 0 Å². The number of carbonyl (C=O) groups excluding carboxylic acids is 1. The molecule has 0 bridgehead atoms. The minimum Gasteiger partial charge on any atom is -0.351 e. The van der Waals surface area contributed by atoms with E-state index in [4.69, 9.17) is 0 Å². The van der Waals surface area contributed by atoms with Gasteiger partial charge in [0.1, 0.15) is 0 Å². The Morgan fingerprint density at radius 2 is 2.06 bits per heavy atom. The van der Waals surface area contributed by atoms with Crippen LogP contribution in [-0.4, -0.2) is 12.5 Å². The topological polar surface area (TPSA) is 29.1 Å². The molecule has 1 amide bonds. The Bertz CT molecular complexity index is 390. The number of carbonyl (C=O) groups is 1. The van der Waals surface area contributed by atoms with E-state index in [1.165, 1.54) is 11.3 Å². The summed E-state index contributed by atoms with van der Waals surface area (Å²) in [6, 6.07) is 1.84. The molecule has 0 radical (unpaired) electrons. The molecule has 0 spiro atoms. The van der Waals surface area contributed by atoms with Crippen molar-refractivity contribution in [2.24, 2.45) is 11.3 Å². The maximum Gasteiger partial charge on any atom is 0.261 e. The van der Waals surface area contributed by atoms with Gasteiger partial charge in [-0.05, 0) is 49.3 Å². The summed E-state index contributed by atoms with van der Waals surface area (Å²) in [6.07, 6.45) is 0. The van der Waals surface area contributed by atoms with E-state index in [0.29, 0.717) is 12.5 Å². The Morgan fingerprint density at radius 3 is 2.47 bits per heavy atom. The Labute approximate surface area is 123 Å². The van der Waals surface area contributed by atoms with E-state index in [2.05, 4.69) is 64.9 Å².